The molecule has 0 aromatic heterocycles. The Labute approximate surface area is 75.9 Å². The lowest BCUT2D eigenvalue weighted by Crippen LogP contribution is -2.29. The van der Waals surface area contributed by atoms with Gasteiger partial charge in [-0.15, -0.1) is 0 Å². The molecule has 0 aliphatic heterocycles. The number of ether oxygens (including phenoxy) is 1. The number of aliphatic hydroxyl groups is 1. The highest BCUT2D eigenvalue weighted by atomic mass is 16.5. The SMILES string of the molecule is COCC(C)(C)CC(C)(C)CO. The number of rotatable bonds is 5. The van der Waals surface area contributed by atoms with Crippen LogP contribution in [-0.4, -0.2) is 25.4 Å². The molecule has 0 heterocycles. The fourth-order valence-corrected chi connectivity index (χ4v) is 1.79. The predicted octanol–water partition coefficient (Wildman–Crippen LogP) is 2.07. The number of aliphatic hydroxyl groups excluding tert-OH is 1. The van der Waals surface area contributed by atoms with Gasteiger partial charge in [0.15, 0.2) is 0 Å². The van der Waals surface area contributed by atoms with Crippen LogP contribution in [0, 0.1) is 10.8 Å². The molecule has 0 amide bonds. The minimum Gasteiger partial charge on any atom is -0.396 e. The molecule has 0 bridgehead atoms. The average molecular weight is 174 g/mol. The van der Waals surface area contributed by atoms with Crippen molar-refractivity contribution >= 4 is 0 Å². The summed E-state index contributed by atoms with van der Waals surface area (Å²) in [5.41, 5.74) is 0.156. The van der Waals surface area contributed by atoms with Crippen LogP contribution in [0.1, 0.15) is 34.1 Å². The van der Waals surface area contributed by atoms with Crippen molar-refractivity contribution in [1.29, 1.82) is 0 Å². The smallest absolute Gasteiger partial charge is 0.0513 e. The molecule has 0 radical (unpaired) electrons. The second kappa shape index (κ2) is 4.24. The predicted molar refractivity (Wildman–Crippen MR) is 51.1 cm³/mol. The number of methoxy groups -OCH3 is 1. The zero-order chi connectivity index (χ0) is 9.83. The van der Waals surface area contributed by atoms with Crippen LogP contribution in [0.25, 0.3) is 0 Å². The molecule has 0 unspecified atom stereocenters. The normalized spacial score (nSPS) is 13.5. The van der Waals surface area contributed by atoms with Gasteiger partial charge in [-0.1, -0.05) is 27.7 Å². The molecular weight excluding hydrogens is 152 g/mol. The van der Waals surface area contributed by atoms with E-state index in [0.29, 0.717) is 0 Å². The first kappa shape index (κ1) is 11.9. The van der Waals surface area contributed by atoms with Crippen LogP contribution >= 0.6 is 0 Å². The van der Waals surface area contributed by atoms with E-state index >= 15 is 0 Å². The van der Waals surface area contributed by atoms with Gasteiger partial charge in [0, 0.05) is 13.7 Å². The molecule has 0 rings (SSSR count). The summed E-state index contributed by atoms with van der Waals surface area (Å²) in [6.07, 6.45) is 0.977. The molecule has 2 heteroatoms. The summed E-state index contributed by atoms with van der Waals surface area (Å²) >= 11 is 0. The maximum atomic E-state index is 9.08. The number of hydrogen-bond donors (Lipinski definition) is 1. The van der Waals surface area contributed by atoms with E-state index in [1.807, 2.05) is 0 Å². The summed E-state index contributed by atoms with van der Waals surface area (Å²) in [5.74, 6) is 0. The molecule has 0 fully saturated rings. The Morgan fingerprint density at radius 2 is 1.58 bits per heavy atom. The van der Waals surface area contributed by atoms with E-state index in [9.17, 15) is 0 Å². The minimum absolute atomic E-state index is 0.00201. The van der Waals surface area contributed by atoms with Crippen molar-refractivity contribution < 1.29 is 9.84 Å². The Kier molecular flexibility index (Phi) is 4.21. The van der Waals surface area contributed by atoms with Gasteiger partial charge in [0.1, 0.15) is 0 Å². The summed E-state index contributed by atoms with van der Waals surface area (Å²) in [4.78, 5) is 0. The van der Waals surface area contributed by atoms with Gasteiger partial charge in [-0.25, -0.2) is 0 Å². The fourth-order valence-electron chi connectivity index (χ4n) is 1.79. The summed E-state index contributed by atoms with van der Waals surface area (Å²) in [6.45, 7) is 9.45. The van der Waals surface area contributed by atoms with Crippen LogP contribution in [0.5, 0.6) is 0 Å². The summed E-state index contributed by atoms with van der Waals surface area (Å²) in [6, 6.07) is 0. The van der Waals surface area contributed by atoms with Gasteiger partial charge in [0.05, 0.1) is 6.61 Å². The lowest BCUT2D eigenvalue weighted by Gasteiger charge is -2.33. The first-order valence-electron chi connectivity index (χ1n) is 4.43. The second-order valence-corrected chi connectivity index (χ2v) is 5.10. The molecule has 2 nitrogen and oxygen atoms in total. The maximum Gasteiger partial charge on any atom is 0.0513 e. The quantitative estimate of drug-likeness (QED) is 0.691. The van der Waals surface area contributed by atoms with Crippen LogP contribution in [-0.2, 0) is 4.74 Å². The molecule has 0 atom stereocenters. The molecule has 0 aromatic rings. The Morgan fingerprint density at radius 3 is 1.92 bits per heavy atom. The molecule has 0 aromatic carbocycles. The van der Waals surface area contributed by atoms with E-state index in [4.69, 9.17) is 9.84 Å². The van der Waals surface area contributed by atoms with Crippen molar-refractivity contribution in [3.05, 3.63) is 0 Å². The van der Waals surface area contributed by atoms with Crippen LogP contribution in [0.2, 0.25) is 0 Å². The third-order valence-corrected chi connectivity index (χ3v) is 1.92. The maximum absolute atomic E-state index is 9.08. The highest BCUT2D eigenvalue weighted by molar-refractivity contribution is 4.78. The van der Waals surface area contributed by atoms with Crippen molar-refractivity contribution in [3.63, 3.8) is 0 Å². The largest absolute Gasteiger partial charge is 0.396 e. The molecule has 0 spiro atoms. The Hall–Kier alpha value is -0.0800. The molecule has 74 valence electrons. The van der Waals surface area contributed by atoms with E-state index in [-0.39, 0.29) is 17.4 Å². The molecule has 12 heavy (non-hydrogen) atoms. The van der Waals surface area contributed by atoms with Crippen LogP contribution in [0.3, 0.4) is 0 Å². The standard InChI is InChI=1S/C10H22O2/c1-9(2,7-11)6-10(3,4)8-12-5/h11H,6-8H2,1-5H3. The zero-order valence-corrected chi connectivity index (χ0v) is 8.98. The van der Waals surface area contributed by atoms with Gasteiger partial charge in [-0.3, -0.25) is 0 Å². The first-order chi connectivity index (χ1) is 5.33. The van der Waals surface area contributed by atoms with E-state index < -0.39 is 0 Å². The third-order valence-electron chi connectivity index (χ3n) is 1.92. The monoisotopic (exact) mass is 174 g/mol. The summed E-state index contributed by atoms with van der Waals surface area (Å²) < 4.78 is 5.12. The first-order valence-corrected chi connectivity index (χ1v) is 4.43. The van der Waals surface area contributed by atoms with Crippen LogP contribution in [0.15, 0.2) is 0 Å². The number of hydrogen-bond acceptors (Lipinski definition) is 2. The zero-order valence-electron chi connectivity index (χ0n) is 8.98. The van der Waals surface area contributed by atoms with Gasteiger partial charge < -0.3 is 9.84 Å². The van der Waals surface area contributed by atoms with Gasteiger partial charge in [0.2, 0.25) is 0 Å². The molecular formula is C10H22O2. The van der Waals surface area contributed by atoms with Crippen molar-refractivity contribution in [3.8, 4) is 0 Å². The highest BCUT2D eigenvalue weighted by Crippen LogP contribution is 2.33. The van der Waals surface area contributed by atoms with E-state index in [2.05, 4.69) is 27.7 Å². The van der Waals surface area contributed by atoms with E-state index in [1.54, 1.807) is 7.11 Å². The minimum atomic E-state index is 0.00201. The lowest BCUT2D eigenvalue weighted by molar-refractivity contribution is 0.0444. The van der Waals surface area contributed by atoms with E-state index in [1.165, 1.54) is 0 Å². The molecule has 0 aliphatic rings. The topological polar surface area (TPSA) is 29.5 Å². The molecule has 0 aliphatic carbocycles. The highest BCUT2D eigenvalue weighted by Gasteiger charge is 2.28. The van der Waals surface area contributed by atoms with E-state index in [0.717, 1.165) is 13.0 Å². The summed E-state index contributed by atoms with van der Waals surface area (Å²) in [7, 11) is 1.72. The van der Waals surface area contributed by atoms with Crippen molar-refractivity contribution in [1.82, 2.24) is 0 Å². The third kappa shape index (κ3) is 4.73. The van der Waals surface area contributed by atoms with Crippen LogP contribution < -0.4 is 0 Å². The molecule has 0 saturated carbocycles. The van der Waals surface area contributed by atoms with Gasteiger partial charge >= 0.3 is 0 Å². The molecule has 1 N–H and O–H groups in total. The Bertz CT molecular complexity index is 128. The van der Waals surface area contributed by atoms with Gasteiger partial charge in [0.25, 0.3) is 0 Å². The average Bonchev–Trinajstić information content (AvgIpc) is 1.85. The summed E-state index contributed by atoms with van der Waals surface area (Å²) in [5, 5.41) is 9.08. The van der Waals surface area contributed by atoms with Gasteiger partial charge in [-0.2, -0.15) is 0 Å². The molecule has 0 saturated heterocycles. The van der Waals surface area contributed by atoms with Crippen molar-refractivity contribution in [2.45, 2.75) is 34.1 Å². The second-order valence-electron chi connectivity index (χ2n) is 5.10. The fraction of sp³-hybridized carbons (Fsp3) is 1.00. The lowest BCUT2D eigenvalue weighted by atomic mass is 9.76. The van der Waals surface area contributed by atoms with Gasteiger partial charge in [-0.05, 0) is 17.3 Å². The van der Waals surface area contributed by atoms with Crippen molar-refractivity contribution in [2.24, 2.45) is 10.8 Å². The van der Waals surface area contributed by atoms with Crippen molar-refractivity contribution in [2.75, 3.05) is 20.3 Å². The van der Waals surface area contributed by atoms with Crippen LogP contribution in [0.4, 0.5) is 0 Å². The Balaban J connectivity index is 4.04. The Morgan fingerprint density at radius 1 is 1.08 bits per heavy atom.